The molecular formula is C14H22N4O2. The molecule has 1 unspecified atom stereocenters. The van der Waals surface area contributed by atoms with Gasteiger partial charge in [0.1, 0.15) is 11.5 Å². The summed E-state index contributed by atoms with van der Waals surface area (Å²) in [4.78, 5) is 22.8. The van der Waals surface area contributed by atoms with E-state index in [9.17, 15) is 4.79 Å². The van der Waals surface area contributed by atoms with Crippen LogP contribution < -0.4 is 5.32 Å². The zero-order chi connectivity index (χ0) is 14.4. The normalized spacial score (nSPS) is 18.3. The number of nitrogens with zero attached hydrogens (tertiary/aromatic N) is 3. The van der Waals surface area contributed by atoms with Crippen molar-refractivity contribution < 1.29 is 9.90 Å². The Labute approximate surface area is 119 Å². The Morgan fingerprint density at radius 3 is 3.15 bits per heavy atom. The lowest BCUT2D eigenvalue weighted by Gasteiger charge is -2.24. The van der Waals surface area contributed by atoms with Crippen LogP contribution in [0.15, 0.2) is 12.4 Å². The number of aliphatic hydroxyl groups excluding tert-OH is 1. The predicted molar refractivity (Wildman–Crippen MR) is 76.6 cm³/mol. The van der Waals surface area contributed by atoms with Crippen LogP contribution in [0.5, 0.6) is 0 Å². The Morgan fingerprint density at radius 2 is 2.40 bits per heavy atom. The summed E-state index contributed by atoms with van der Waals surface area (Å²) >= 11 is 0. The Bertz CT molecular complexity index is 453. The first-order chi connectivity index (χ1) is 9.76. The lowest BCUT2D eigenvalue weighted by atomic mass is 10.1. The molecule has 20 heavy (non-hydrogen) atoms. The lowest BCUT2D eigenvalue weighted by molar-refractivity contribution is 0.0718. The van der Waals surface area contributed by atoms with Gasteiger partial charge in [-0.15, -0.1) is 0 Å². The van der Waals surface area contributed by atoms with Crippen molar-refractivity contribution in [1.82, 2.24) is 14.9 Å². The molecule has 1 aliphatic heterocycles. The Hall–Kier alpha value is -1.69. The summed E-state index contributed by atoms with van der Waals surface area (Å²) in [5.74, 6) is 0.571. The lowest BCUT2D eigenvalue weighted by Crippen LogP contribution is -2.36. The van der Waals surface area contributed by atoms with E-state index in [0.717, 1.165) is 38.8 Å². The molecule has 2 heterocycles. The van der Waals surface area contributed by atoms with E-state index in [4.69, 9.17) is 5.11 Å². The number of amides is 1. The molecule has 1 atom stereocenters. The van der Waals surface area contributed by atoms with Gasteiger partial charge in [0.25, 0.3) is 5.91 Å². The first-order valence-corrected chi connectivity index (χ1v) is 7.24. The summed E-state index contributed by atoms with van der Waals surface area (Å²) in [6.07, 6.45) is 6.74. The third-order valence-corrected chi connectivity index (χ3v) is 3.55. The van der Waals surface area contributed by atoms with Crippen molar-refractivity contribution in [2.24, 2.45) is 0 Å². The molecule has 6 heteroatoms. The van der Waals surface area contributed by atoms with E-state index in [2.05, 4.69) is 15.3 Å². The second-order valence-corrected chi connectivity index (χ2v) is 4.98. The smallest absolute Gasteiger partial charge is 0.274 e. The van der Waals surface area contributed by atoms with Gasteiger partial charge in [-0.1, -0.05) is 0 Å². The molecule has 0 radical (unpaired) electrons. The van der Waals surface area contributed by atoms with Crippen molar-refractivity contribution in [1.29, 1.82) is 0 Å². The fraction of sp³-hybridized carbons (Fsp3) is 0.643. The van der Waals surface area contributed by atoms with Crippen LogP contribution in [0, 0.1) is 0 Å². The van der Waals surface area contributed by atoms with Gasteiger partial charge in [0.15, 0.2) is 0 Å². The number of hydrogen-bond donors (Lipinski definition) is 2. The number of likely N-dealkylation sites (tertiary alicyclic amines) is 1. The molecule has 1 saturated heterocycles. The number of aliphatic hydroxyl groups is 1. The van der Waals surface area contributed by atoms with Crippen LogP contribution in [0.25, 0.3) is 0 Å². The summed E-state index contributed by atoms with van der Waals surface area (Å²) in [5, 5.41) is 12.0. The topological polar surface area (TPSA) is 78.4 Å². The van der Waals surface area contributed by atoms with Crippen LogP contribution in [-0.2, 0) is 0 Å². The van der Waals surface area contributed by atoms with Gasteiger partial charge in [0, 0.05) is 25.7 Å². The number of nitrogens with one attached hydrogen (secondary N) is 1. The zero-order valence-corrected chi connectivity index (χ0v) is 11.9. The van der Waals surface area contributed by atoms with Gasteiger partial charge in [-0.05, 0) is 32.6 Å². The molecule has 1 aromatic rings. The van der Waals surface area contributed by atoms with Gasteiger partial charge in [-0.2, -0.15) is 0 Å². The highest BCUT2D eigenvalue weighted by Crippen LogP contribution is 2.23. The Kier molecular flexibility index (Phi) is 5.29. The van der Waals surface area contributed by atoms with Crippen LogP contribution in [-0.4, -0.2) is 51.6 Å². The van der Waals surface area contributed by atoms with Crippen molar-refractivity contribution in [2.45, 2.75) is 38.6 Å². The summed E-state index contributed by atoms with van der Waals surface area (Å²) in [7, 11) is 0. The van der Waals surface area contributed by atoms with Gasteiger partial charge >= 0.3 is 0 Å². The number of anilines is 1. The molecule has 0 aromatic carbocycles. The maximum atomic E-state index is 12.5. The molecule has 0 aliphatic carbocycles. The molecular weight excluding hydrogens is 256 g/mol. The maximum Gasteiger partial charge on any atom is 0.274 e. The number of carbonyl (C=O) groups is 1. The zero-order valence-electron chi connectivity index (χ0n) is 11.9. The molecule has 1 aliphatic rings. The van der Waals surface area contributed by atoms with E-state index in [1.807, 2.05) is 11.8 Å². The fourth-order valence-electron chi connectivity index (χ4n) is 2.61. The van der Waals surface area contributed by atoms with Gasteiger partial charge in [-0.3, -0.25) is 9.78 Å². The minimum absolute atomic E-state index is 0.0577. The quantitative estimate of drug-likeness (QED) is 0.819. The molecule has 1 aromatic heterocycles. The van der Waals surface area contributed by atoms with Crippen molar-refractivity contribution in [3.8, 4) is 0 Å². The Balaban J connectivity index is 2.07. The van der Waals surface area contributed by atoms with Gasteiger partial charge in [0.2, 0.25) is 0 Å². The van der Waals surface area contributed by atoms with Crippen LogP contribution in [0.3, 0.4) is 0 Å². The van der Waals surface area contributed by atoms with Crippen molar-refractivity contribution >= 4 is 11.7 Å². The monoisotopic (exact) mass is 278 g/mol. The fourth-order valence-corrected chi connectivity index (χ4v) is 2.61. The highest BCUT2D eigenvalue weighted by atomic mass is 16.3. The summed E-state index contributed by atoms with van der Waals surface area (Å²) in [6.45, 7) is 3.66. The molecule has 1 fully saturated rings. The molecule has 1 amide bonds. The van der Waals surface area contributed by atoms with E-state index in [-0.39, 0.29) is 18.6 Å². The average molecular weight is 278 g/mol. The third kappa shape index (κ3) is 3.45. The minimum Gasteiger partial charge on any atom is -0.396 e. The number of hydrogen-bond acceptors (Lipinski definition) is 5. The van der Waals surface area contributed by atoms with E-state index < -0.39 is 0 Å². The first kappa shape index (κ1) is 14.7. The standard InChI is InChI=1S/C14H22N4O2/c1-2-16-13-10-15-9-12(17-13)14(20)18-7-3-5-11(18)6-4-8-19/h9-11,19H,2-8H2,1H3,(H,16,17). The summed E-state index contributed by atoms with van der Waals surface area (Å²) in [6, 6.07) is 0.222. The second kappa shape index (κ2) is 7.19. The van der Waals surface area contributed by atoms with Crippen LogP contribution in [0.1, 0.15) is 43.1 Å². The first-order valence-electron chi connectivity index (χ1n) is 7.24. The van der Waals surface area contributed by atoms with Crippen LogP contribution in [0.4, 0.5) is 5.82 Å². The maximum absolute atomic E-state index is 12.5. The summed E-state index contributed by atoms with van der Waals surface area (Å²) in [5.41, 5.74) is 0.388. The third-order valence-electron chi connectivity index (χ3n) is 3.55. The molecule has 0 spiro atoms. The van der Waals surface area contributed by atoms with Gasteiger partial charge < -0.3 is 15.3 Å². The van der Waals surface area contributed by atoms with Crippen molar-refractivity contribution in [3.05, 3.63) is 18.1 Å². The van der Waals surface area contributed by atoms with Gasteiger partial charge in [-0.25, -0.2) is 4.98 Å². The second-order valence-electron chi connectivity index (χ2n) is 4.98. The Morgan fingerprint density at radius 1 is 1.55 bits per heavy atom. The van der Waals surface area contributed by atoms with Crippen LogP contribution >= 0.6 is 0 Å². The number of rotatable bonds is 6. The van der Waals surface area contributed by atoms with Crippen LogP contribution in [0.2, 0.25) is 0 Å². The number of aromatic nitrogens is 2. The largest absolute Gasteiger partial charge is 0.396 e. The van der Waals surface area contributed by atoms with E-state index in [0.29, 0.717) is 11.5 Å². The van der Waals surface area contributed by atoms with E-state index >= 15 is 0 Å². The molecule has 110 valence electrons. The molecule has 2 N–H and O–H groups in total. The van der Waals surface area contributed by atoms with E-state index in [1.165, 1.54) is 6.20 Å². The molecule has 6 nitrogen and oxygen atoms in total. The van der Waals surface area contributed by atoms with Crippen molar-refractivity contribution in [2.75, 3.05) is 25.0 Å². The minimum atomic E-state index is -0.0577. The van der Waals surface area contributed by atoms with Gasteiger partial charge in [0.05, 0.1) is 12.4 Å². The predicted octanol–water partition coefficient (Wildman–Crippen LogP) is 1.29. The summed E-state index contributed by atoms with van der Waals surface area (Å²) < 4.78 is 0. The molecule has 0 saturated carbocycles. The highest BCUT2D eigenvalue weighted by Gasteiger charge is 2.29. The van der Waals surface area contributed by atoms with E-state index in [1.54, 1.807) is 6.20 Å². The molecule has 0 bridgehead atoms. The molecule has 2 rings (SSSR count). The highest BCUT2D eigenvalue weighted by molar-refractivity contribution is 5.92. The number of carbonyl (C=O) groups excluding carboxylic acids is 1. The van der Waals surface area contributed by atoms with Crippen molar-refractivity contribution in [3.63, 3.8) is 0 Å². The SMILES string of the molecule is CCNc1cncc(C(=O)N2CCCC2CCCO)n1. The average Bonchev–Trinajstić information content (AvgIpc) is 2.93.